The molecule has 1 heterocycles. The molecule has 69 heavy (non-hydrogen) atoms. The fourth-order valence-electron chi connectivity index (χ4n) is 9.33. The lowest BCUT2D eigenvalue weighted by Crippen LogP contribution is -2.60. The van der Waals surface area contributed by atoms with E-state index in [9.17, 15) is 30.3 Å². The molecule has 404 valence electrons. The fourth-order valence-corrected chi connectivity index (χ4v) is 9.33. The molecule has 0 spiro atoms. The number of allylic oxidation sites excluding steroid dienone is 8. The van der Waals surface area contributed by atoms with E-state index in [0.717, 1.165) is 64.2 Å². The van der Waals surface area contributed by atoms with Gasteiger partial charge in [0, 0.05) is 6.42 Å². The van der Waals surface area contributed by atoms with E-state index >= 15 is 0 Å². The summed E-state index contributed by atoms with van der Waals surface area (Å²) < 4.78 is 11.3. The molecule has 0 aromatic heterocycles. The molecule has 9 nitrogen and oxygen atoms in total. The predicted octanol–water partition coefficient (Wildman–Crippen LogP) is 14.5. The lowest BCUT2D eigenvalue weighted by molar-refractivity contribution is -0.302. The number of rotatable bonds is 50. The van der Waals surface area contributed by atoms with Crippen LogP contribution in [-0.2, 0) is 14.3 Å². The van der Waals surface area contributed by atoms with Crippen LogP contribution < -0.4 is 5.32 Å². The monoisotopic (exact) mass is 974 g/mol. The lowest BCUT2D eigenvalue weighted by Gasteiger charge is -2.40. The summed E-state index contributed by atoms with van der Waals surface area (Å²) in [5.74, 6) is -0.143. The Labute approximate surface area is 424 Å². The van der Waals surface area contributed by atoms with E-state index in [1.165, 1.54) is 180 Å². The van der Waals surface area contributed by atoms with Gasteiger partial charge in [0.25, 0.3) is 0 Å². The van der Waals surface area contributed by atoms with Crippen molar-refractivity contribution in [1.82, 2.24) is 5.32 Å². The second kappa shape index (κ2) is 49.7. The van der Waals surface area contributed by atoms with Crippen LogP contribution in [-0.4, -0.2) is 87.5 Å². The van der Waals surface area contributed by atoms with Crippen molar-refractivity contribution in [3.05, 3.63) is 48.6 Å². The van der Waals surface area contributed by atoms with Gasteiger partial charge in [0.05, 0.1) is 25.4 Å². The van der Waals surface area contributed by atoms with E-state index in [2.05, 4.69) is 67.8 Å². The number of amides is 1. The number of nitrogens with one attached hydrogen (secondary N) is 1. The molecule has 1 amide bonds. The first-order chi connectivity index (χ1) is 33.8. The number of hydrogen-bond acceptors (Lipinski definition) is 8. The molecule has 0 aromatic rings. The minimum atomic E-state index is -1.55. The summed E-state index contributed by atoms with van der Waals surface area (Å²) in [5, 5.41) is 54.7. The maximum atomic E-state index is 13.1. The van der Waals surface area contributed by atoms with E-state index < -0.39 is 49.5 Å². The predicted molar refractivity (Wildman–Crippen MR) is 290 cm³/mol. The zero-order valence-electron chi connectivity index (χ0n) is 44.8. The summed E-state index contributed by atoms with van der Waals surface area (Å²) in [5.41, 5.74) is 0. The minimum Gasteiger partial charge on any atom is -0.394 e. The van der Waals surface area contributed by atoms with Crippen molar-refractivity contribution in [1.29, 1.82) is 0 Å². The van der Waals surface area contributed by atoms with Gasteiger partial charge >= 0.3 is 0 Å². The van der Waals surface area contributed by atoms with Gasteiger partial charge in [-0.2, -0.15) is 0 Å². The van der Waals surface area contributed by atoms with Gasteiger partial charge in [-0.05, 0) is 51.4 Å². The number of carbonyl (C=O) groups excluding carboxylic acids is 1. The molecule has 1 saturated heterocycles. The molecule has 0 aromatic carbocycles. The van der Waals surface area contributed by atoms with Crippen molar-refractivity contribution in [3.8, 4) is 0 Å². The highest BCUT2D eigenvalue weighted by molar-refractivity contribution is 5.76. The molecule has 6 N–H and O–H groups in total. The molecule has 9 heteroatoms. The average molecular weight is 975 g/mol. The highest BCUT2D eigenvalue weighted by Crippen LogP contribution is 2.23. The standard InChI is InChI=1S/C60H111NO8/c1-3-5-7-9-11-13-15-17-19-21-23-24-25-26-27-28-29-30-32-34-36-38-40-42-44-46-48-50-56(64)61-53(52-68-60-59(67)58(66)57(65)55(51-62)69-60)54(63)49-47-45-43-41-39-37-35-33-31-22-20-18-16-14-12-10-8-6-4-2/h5,7,11,13,17,19,23-24,53-55,57-60,62-63,65-67H,3-4,6,8-10,12,14-16,18,20-22,25-52H2,1-2H3,(H,61,64)/b7-5-,13-11-,19-17-,24-23-. The van der Waals surface area contributed by atoms with Gasteiger partial charge < -0.3 is 40.3 Å². The molecule has 0 saturated carbocycles. The van der Waals surface area contributed by atoms with E-state index in [1.54, 1.807) is 0 Å². The van der Waals surface area contributed by atoms with Crippen LogP contribution in [0, 0.1) is 0 Å². The molecular weight excluding hydrogens is 863 g/mol. The molecule has 1 aliphatic rings. The topological polar surface area (TPSA) is 149 Å². The summed E-state index contributed by atoms with van der Waals surface area (Å²) in [7, 11) is 0. The Hall–Kier alpha value is -1.85. The number of hydrogen-bond donors (Lipinski definition) is 6. The first-order valence-corrected chi connectivity index (χ1v) is 29.3. The van der Waals surface area contributed by atoms with E-state index in [4.69, 9.17) is 9.47 Å². The van der Waals surface area contributed by atoms with Crippen LogP contribution in [0.5, 0.6) is 0 Å². The van der Waals surface area contributed by atoms with Crippen LogP contribution in [0.4, 0.5) is 0 Å². The van der Waals surface area contributed by atoms with Gasteiger partial charge in [0.15, 0.2) is 6.29 Å². The van der Waals surface area contributed by atoms with Crippen LogP contribution in [0.25, 0.3) is 0 Å². The van der Waals surface area contributed by atoms with Crippen LogP contribution in [0.3, 0.4) is 0 Å². The van der Waals surface area contributed by atoms with Gasteiger partial charge in [-0.1, -0.05) is 262 Å². The molecular formula is C60H111NO8. The van der Waals surface area contributed by atoms with Crippen molar-refractivity contribution in [2.45, 2.75) is 314 Å². The number of aliphatic hydroxyl groups is 5. The maximum Gasteiger partial charge on any atom is 0.220 e. The van der Waals surface area contributed by atoms with Gasteiger partial charge in [-0.25, -0.2) is 0 Å². The Morgan fingerprint density at radius 3 is 1.33 bits per heavy atom. The lowest BCUT2D eigenvalue weighted by atomic mass is 9.99. The van der Waals surface area contributed by atoms with Crippen molar-refractivity contribution in [2.24, 2.45) is 0 Å². The zero-order chi connectivity index (χ0) is 50.1. The summed E-state index contributed by atoms with van der Waals surface area (Å²) in [6, 6.07) is -0.720. The summed E-state index contributed by atoms with van der Waals surface area (Å²) >= 11 is 0. The van der Waals surface area contributed by atoms with Crippen LogP contribution in [0.1, 0.15) is 271 Å². The number of carbonyl (C=O) groups is 1. The summed E-state index contributed by atoms with van der Waals surface area (Å²) in [6.45, 7) is 3.75. The second-order valence-electron chi connectivity index (χ2n) is 20.4. The highest BCUT2D eigenvalue weighted by atomic mass is 16.7. The van der Waals surface area contributed by atoms with Crippen LogP contribution in [0.2, 0.25) is 0 Å². The Morgan fingerprint density at radius 2 is 0.899 bits per heavy atom. The zero-order valence-corrected chi connectivity index (χ0v) is 44.8. The highest BCUT2D eigenvalue weighted by Gasteiger charge is 2.44. The number of unbranched alkanes of at least 4 members (excludes halogenated alkanes) is 32. The smallest absolute Gasteiger partial charge is 0.220 e. The maximum absolute atomic E-state index is 13.1. The van der Waals surface area contributed by atoms with E-state index in [0.29, 0.717) is 12.8 Å². The quantitative estimate of drug-likeness (QED) is 0.0261. The number of ether oxygens (including phenoxy) is 2. The van der Waals surface area contributed by atoms with E-state index in [-0.39, 0.29) is 12.5 Å². The Balaban J connectivity index is 2.18. The molecule has 1 rings (SSSR count). The third-order valence-electron chi connectivity index (χ3n) is 13.9. The Morgan fingerprint density at radius 1 is 0.507 bits per heavy atom. The van der Waals surface area contributed by atoms with E-state index in [1.807, 2.05) is 0 Å². The molecule has 1 aliphatic heterocycles. The second-order valence-corrected chi connectivity index (χ2v) is 20.4. The average Bonchev–Trinajstić information content (AvgIpc) is 3.35. The molecule has 7 atom stereocenters. The molecule has 7 unspecified atom stereocenters. The van der Waals surface area contributed by atoms with Crippen molar-refractivity contribution < 1.29 is 39.8 Å². The van der Waals surface area contributed by atoms with Gasteiger partial charge in [-0.15, -0.1) is 0 Å². The normalized spacial score (nSPS) is 19.8. The SMILES string of the molecule is CC/C=C\C/C=C\C/C=C\C/C=C\CCCCCCCCCCCCCCCCC(=O)NC(COC1OC(CO)C(O)C(O)C1O)C(O)CCCCCCCCCCCCCCCCCCCCC. The van der Waals surface area contributed by atoms with Crippen molar-refractivity contribution in [3.63, 3.8) is 0 Å². The molecule has 0 aliphatic carbocycles. The largest absolute Gasteiger partial charge is 0.394 e. The Bertz CT molecular complexity index is 1220. The summed E-state index contributed by atoms with van der Waals surface area (Å²) in [6.07, 6.45) is 58.5. The van der Waals surface area contributed by atoms with Crippen LogP contribution >= 0.6 is 0 Å². The Kier molecular flexibility index (Phi) is 47.0. The molecule has 0 bridgehead atoms. The van der Waals surface area contributed by atoms with Gasteiger partial charge in [0.1, 0.15) is 24.4 Å². The third kappa shape index (κ3) is 39.4. The van der Waals surface area contributed by atoms with Gasteiger partial charge in [-0.3, -0.25) is 4.79 Å². The summed E-state index contributed by atoms with van der Waals surface area (Å²) in [4.78, 5) is 13.1. The van der Waals surface area contributed by atoms with Crippen molar-refractivity contribution >= 4 is 5.91 Å². The van der Waals surface area contributed by atoms with Gasteiger partial charge in [0.2, 0.25) is 5.91 Å². The molecule has 0 radical (unpaired) electrons. The number of aliphatic hydroxyl groups excluding tert-OH is 5. The third-order valence-corrected chi connectivity index (χ3v) is 13.9. The fraction of sp³-hybridized carbons (Fsp3) is 0.850. The molecule has 1 fully saturated rings. The minimum absolute atomic E-state index is 0.137. The first kappa shape index (κ1) is 65.2. The van der Waals surface area contributed by atoms with Crippen LogP contribution in [0.15, 0.2) is 48.6 Å². The van der Waals surface area contributed by atoms with Crippen molar-refractivity contribution in [2.75, 3.05) is 13.2 Å². The first-order valence-electron chi connectivity index (χ1n) is 29.3.